The molecular formula is C21H16ClNO3. The molecule has 0 radical (unpaired) electrons. The molecule has 0 aliphatic heterocycles. The fourth-order valence-corrected chi connectivity index (χ4v) is 2.69. The predicted octanol–water partition coefficient (Wildman–Crippen LogP) is 4.83. The predicted molar refractivity (Wildman–Crippen MR) is 102 cm³/mol. The number of ketones is 1. The molecule has 1 N–H and O–H groups in total. The largest absolute Gasteiger partial charge is 0.497 e. The summed E-state index contributed by atoms with van der Waals surface area (Å²) >= 11 is 6.06. The molecule has 1 amide bonds. The van der Waals surface area contributed by atoms with Gasteiger partial charge in [-0.15, -0.1) is 0 Å². The lowest BCUT2D eigenvalue weighted by atomic mass is 10.0. The minimum Gasteiger partial charge on any atom is -0.497 e. The Hall–Kier alpha value is -3.11. The molecule has 0 unspecified atom stereocenters. The molecule has 5 heteroatoms. The molecule has 0 saturated carbocycles. The molecular weight excluding hydrogens is 350 g/mol. The molecule has 0 atom stereocenters. The highest BCUT2D eigenvalue weighted by molar-refractivity contribution is 6.31. The number of anilines is 1. The normalized spacial score (nSPS) is 10.2. The number of methoxy groups -OCH3 is 1. The summed E-state index contributed by atoms with van der Waals surface area (Å²) in [6.45, 7) is 0. The number of amides is 1. The van der Waals surface area contributed by atoms with Crippen LogP contribution in [0.15, 0.2) is 72.8 Å². The van der Waals surface area contributed by atoms with Gasteiger partial charge in [0.25, 0.3) is 5.91 Å². The average Bonchev–Trinajstić information content (AvgIpc) is 2.69. The number of carbonyl (C=O) groups excluding carboxylic acids is 2. The first-order valence-electron chi connectivity index (χ1n) is 7.93. The maximum absolute atomic E-state index is 12.8. The van der Waals surface area contributed by atoms with Crippen LogP contribution in [0.5, 0.6) is 5.75 Å². The Morgan fingerprint density at radius 1 is 0.885 bits per heavy atom. The van der Waals surface area contributed by atoms with Crippen LogP contribution in [0, 0.1) is 0 Å². The lowest BCUT2D eigenvalue weighted by Crippen LogP contribution is -2.15. The topological polar surface area (TPSA) is 55.4 Å². The van der Waals surface area contributed by atoms with Gasteiger partial charge in [-0.1, -0.05) is 48.0 Å². The Bertz CT molecular complexity index is 954. The third-order valence-corrected chi connectivity index (χ3v) is 4.08. The van der Waals surface area contributed by atoms with Gasteiger partial charge in [0, 0.05) is 21.7 Å². The number of hydrogen-bond acceptors (Lipinski definition) is 3. The van der Waals surface area contributed by atoms with Crippen LogP contribution in [0.2, 0.25) is 5.02 Å². The average molecular weight is 366 g/mol. The number of hydrogen-bond donors (Lipinski definition) is 1. The Balaban J connectivity index is 1.93. The standard InChI is InChI=1S/C21H16ClNO3/c1-26-17-9-5-8-15(12-17)21(25)23-19-11-10-16(22)13-18(19)20(24)14-6-3-2-4-7-14/h2-13H,1H3,(H,23,25). The van der Waals surface area contributed by atoms with Gasteiger partial charge < -0.3 is 10.1 Å². The van der Waals surface area contributed by atoms with E-state index in [1.165, 1.54) is 7.11 Å². The van der Waals surface area contributed by atoms with E-state index < -0.39 is 0 Å². The molecule has 3 rings (SSSR count). The van der Waals surface area contributed by atoms with Crippen LogP contribution in [0.25, 0.3) is 0 Å². The first-order valence-corrected chi connectivity index (χ1v) is 8.31. The minimum absolute atomic E-state index is 0.214. The van der Waals surface area contributed by atoms with Crippen LogP contribution in [-0.4, -0.2) is 18.8 Å². The summed E-state index contributed by atoms with van der Waals surface area (Å²) < 4.78 is 5.14. The summed E-state index contributed by atoms with van der Waals surface area (Å²) in [4.78, 5) is 25.4. The fraction of sp³-hybridized carbons (Fsp3) is 0.0476. The van der Waals surface area contributed by atoms with Crippen molar-refractivity contribution in [2.45, 2.75) is 0 Å². The lowest BCUT2D eigenvalue weighted by molar-refractivity contribution is 0.102. The van der Waals surface area contributed by atoms with Crippen LogP contribution in [0.3, 0.4) is 0 Å². The second-order valence-electron chi connectivity index (χ2n) is 5.57. The highest BCUT2D eigenvalue weighted by Gasteiger charge is 2.17. The number of rotatable bonds is 5. The van der Waals surface area contributed by atoms with Crippen LogP contribution >= 0.6 is 11.6 Å². The SMILES string of the molecule is COc1cccc(C(=O)Nc2ccc(Cl)cc2C(=O)c2ccccc2)c1. The van der Waals surface area contributed by atoms with Crippen molar-refractivity contribution >= 4 is 29.0 Å². The quantitative estimate of drug-likeness (QED) is 0.659. The van der Waals surface area contributed by atoms with Gasteiger partial charge in [0.2, 0.25) is 0 Å². The van der Waals surface area contributed by atoms with E-state index in [9.17, 15) is 9.59 Å². The summed E-state index contributed by atoms with van der Waals surface area (Å²) in [6.07, 6.45) is 0. The van der Waals surface area contributed by atoms with Gasteiger partial charge >= 0.3 is 0 Å². The highest BCUT2D eigenvalue weighted by atomic mass is 35.5. The maximum Gasteiger partial charge on any atom is 0.255 e. The van der Waals surface area contributed by atoms with Crippen molar-refractivity contribution in [1.82, 2.24) is 0 Å². The molecule has 0 fully saturated rings. The molecule has 0 aromatic heterocycles. The van der Waals surface area contributed by atoms with Crippen LogP contribution in [0.1, 0.15) is 26.3 Å². The van der Waals surface area contributed by atoms with Gasteiger partial charge in [-0.3, -0.25) is 9.59 Å². The van der Waals surface area contributed by atoms with Crippen molar-refractivity contribution < 1.29 is 14.3 Å². The first-order chi connectivity index (χ1) is 12.6. The molecule has 3 aromatic rings. The van der Waals surface area contributed by atoms with Crippen LogP contribution in [0.4, 0.5) is 5.69 Å². The van der Waals surface area contributed by atoms with E-state index in [1.54, 1.807) is 66.7 Å². The fourth-order valence-electron chi connectivity index (χ4n) is 2.52. The lowest BCUT2D eigenvalue weighted by Gasteiger charge is -2.12. The second kappa shape index (κ2) is 7.85. The second-order valence-corrected chi connectivity index (χ2v) is 6.01. The van der Waals surface area contributed by atoms with Crippen LogP contribution in [-0.2, 0) is 0 Å². The maximum atomic E-state index is 12.8. The van der Waals surface area contributed by atoms with Crippen molar-refractivity contribution in [2.75, 3.05) is 12.4 Å². The molecule has 0 aliphatic rings. The van der Waals surface area contributed by atoms with Gasteiger partial charge in [-0.25, -0.2) is 0 Å². The van der Waals surface area contributed by atoms with Crippen molar-refractivity contribution in [1.29, 1.82) is 0 Å². The summed E-state index contributed by atoms with van der Waals surface area (Å²) in [6, 6.07) is 20.4. The minimum atomic E-state index is -0.340. The molecule has 0 spiro atoms. The zero-order valence-electron chi connectivity index (χ0n) is 14.0. The van der Waals surface area contributed by atoms with Gasteiger partial charge in [-0.05, 0) is 36.4 Å². The summed E-state index contributed by atoms with van der Waals surface area (Å²) in [5.41, 5.74) is 1.68. The van der Waals surface area contributed by atoms with E-state index in [2.05, 4.69) is 5.32 Å². The molecule has 0 bridgehead atoms. The number of carbonyl (C=O) groups is 2. The Morgan fingerprint density at radius 2 is 1.62 bits per heavy atom. The van der Waals surface area contributed by atoms with Crippen molar-refractivity contribution in [3.8, 4) is 5.75 Å². The molecule has 0 aliphatic carbocycles. The number of nitrogens with one attached hydrogen (secondary N) is 1. The van der Waals surface area contributed by atoms with Crippen molar-refractivity contribution in [3.05, 3.63) is 94.5 Å². The molecule has 0 saturated heterocycles. The molecule has 0 heterocycles. The summed E-state index contributed by atoms with van der Waals surface area (Å²) in [5.74, 6) is 0.0247. The van der Waals surface area contributed by atoms with E-state index in [1.807, 2.05) is 6.07 Å². The zero-order valence-corrected chi connectivity index (χ0v) is 14.8. The van der Waals surface area contributed by atoms with Crippen molar-refractivity contribution in [3.63, 3.8) is 0 Å². The molecule has 130 valence electrons. The monoisotopic (exact) mass is 365 g/mol. The summed E-state index contributed by atoms with van der Waals surface area (Å²) in [5, 5.41) is 3.20. The number of benzene rings is 3. The third-order valence-electron chi connectivity index (χ3n) is 3.84. The third kappa shape index (κ3) is 3.92. The smallest absolute Gasteiger partial charge is 0.255 e. The first kappa shape index (κ1) is 17.7. The van der Waals surface area contributed by atoms with E-state index >= 15 is 0 Å². The van der Waals surface area contributed by atoms with Gasteiger partial charge in [0.1, 0.15) is 5.75 Å². The van der Waals surface area contributed by atoms with E-state index in [0.29, 0.717) is 33.1 Å². The highest BCUT2D eigenvalue weighted by Crippen LogP contribution is 2.24. The van der Waals surface area contributed by atoms with Crippen LogP contribution < -0.4 is 10.1 Å². The van der Waals surface area contributed by atoms with E-state index in [0.717, 1.165) is 0 Å². The molecule has 26 heavy (non-hydrogen) atoms. The number of ether oxygens (including phenoxy) is 1. The van der Waals surface area contributed by atoms with Crippen molar-refractivity contribution in [2.24, 2.45) is 0 Å². The summed E-state index contributed by atoms with van der Waals surface area (Å²) in [7, 11) is 1.53. The van der Waals surface area contributed by atoms with E-state index in [4.69, 9.17) is 16.3 Å². The van der Waals surface area contributed by atoms with Gasteiger partial charge in [-0.2, -0.15) is 0 Å². The number of halogens is 1. The zero-order chi connectivity index (χ0) is 18.5. The van der Waals surface area contributed by atoms with Gasteiger partial charge in [0.15, 0.2) is 5.78 Å². The molecule has 3 aromatic carbocycles. The van der Waals surface area contributed by atoms with Gasteiger partial charge in [0.05, 0.1) is 12.8 Å². The van der Waals surface area contributed by atoms with E-state index in [-0.39, 0.29) is 11.7 Å². The Morgan fingerprint density at radius 3 is 2.35 bits per heavy atom. The Labute approximate surface area is 156 Å². The molecule has 4 nitrogen and oxygen atoms in total. The Kier molecular flexibility index (Phi) is 5.34.